The van der Waals surface area contributed by atoms with E-state index in [0.717, 1.165) is 52.9 Å². The molecular weight excluding hydrogens is 332 g/mol. The van der Waals surface area contributed by atoms with Gasteiger partial charge in [0.15, 0.2) is 5.96 Å². The van der Waals surface area contributed by atoms with Gasteiger partial charge in [-0.1, -0.05) is 18.2 Å². The summed E-state index contributed by atoms with van der Waals surface area (Å²) in [5.41, 5.74) is 2.01. The predicted molar refractivity (Wildman–Crippen MR) is 104 cm³/mol. The van der Waals surface area contributed by atoms with Gasteiger partial charge >= 0.3 is 0 Å². The summed E-state index contributed by atoms with van der Waals surface area (Å²) in [6.45, 7) is 8.39. The molecule has 6 heteroatoms. The van der Waals surface area contributed by atoms with Crippen molar-refractivity contribution in [3.8, 4) is 0 Å². The number of nitrogens with zero attached hydrogens (tertiary/aromatic N) is 2. The van der Waals surface area contributed by atoms with Gasteiger partial charge in [0.2, 0.25) is 0 Å². The highest BCUT2D eigenvalue weighted by atomic mass is 32.1. The van der Waals surface area contributed by atoms with E-state index in [1.807, 2.05) is 32.0 Å². The Morgan fingerprint density at radius 3 is 2.80 bits per heavy atom. The normalized spacial score (nSPS) is 11.9. The standard InChI is InChI=1S/C19H24N4OS/c1-4-20-19(22-12-18-13(2)23-14(3)25-18)21-10-9-16-11-15-7-5-6-8-17(15)24-16/h5-8,11H,4,9-10,12H2,1-3H3,(H2,20,21,22). The zero-order chi connectivity index (χ0) is 17.6. The number of nitrogens with one attached hydrogen (secondary N) is 2. The van der Waals surface area contributed by atoms with Crippen LogP contribution in [-0.4, -0.2) is 24.0 Å². The quantitative estimate of drug-likeness (QED) is 0.521. The Bertz CT molecular complexity index is 832. The highest BCUT2D eigenvalue weighted by Gasteiger charge is 2.06. The first-order valence-corrected chi connectivity index (χ1v) is 9.40. The molecule has 2 N–H and O–H groups in total. The molecule has 0 saturated carbocycles. The summed E-state index contributed by atoms with van der Waals surface area (Å²) < 4.78 is 5.85. The van der Waals surface area contributed by atoms with E-state index in [9.17, 15) is 0 Å². The molecule has 5 nitrogen and oxygen atoms in total. The molecule has 25 heavy (non-hydrogen) atoms. The van der Waals surface area contributed by atoms with Crippen LogP contribution in [0.5, 0.6) is 0 Å². The van der Waals surface area contributed by atoms with Crippen molar-refractivity contribution in [2.45, 2.75) is 33.7 Å². The summed E-state index contributed by atoms with van der Waals surface area (Å²) in [7, 11) is 0. The number of para-hydroxylation sites is 1. The summed E-state index contributed by atoms with van der Waals surface area (Å²) >= 11 is 1.71. The van der Waals surface area contributed by atoms with Crippen LogP contribution in [0.1, 0.15) is 28.3 Å². The first-order valence-electron chi connectivity index (χ1n) is 8.58. The van der Waals surface area contributed by atoms with Crippen LogP contribution in [0.3, 0.4) is 0 Å². The number of hydrogen-bond acceptors (Lipinski definition) is 4. The molecule has 0 saturated heterocycles. The Morgan fingerprint density at radius 1 is 1.24 bits per heavy atom. The van der Waals surface area contributed by atoms with Crippen LogP contribution >= 0.6 is 11.3 Å². The fourth-order valence-corrected chi connectivity index (χ4v) is 3.54. The SMILES string of the molecule is CCNC(=NCc1sc(C)nc1C)NCCc1cc2ccccc2o1. The number of thiazole rings is 1. The number of aliphatic imine (C=N–C) groups is 1. The maximum atomic E-state index is 5.85. The lowest BCUT2D eigenvalue weighted by atomic mass is 10.2. The van der Waals surface area contributed by atoms with E-state index in [1.54, 1.807) is 11.3 Å². The second kappa shape index (κ2) is 8.16. The van der Waals surface area contributed by atoms with Crippen LogP contribution in [0.2, 0.25) is 0 Å². The highest BCUT2D eigenvalue weighted by Crippen LogP contribution is 2.19. The second-order valence-electron chi connectivity index (χ2n) is 5.86. The molecule has 2 heterocycles. The van der Waals surface area contributed by atoms with Crippen LogP contribution in [0, 0.1) is 13.8 Å². The van der Waals surface area contributed by atoms with E-state index < -0.39 is 0 Å². The van der Waals surface area contributed by atoms with Crippen LogP contribution in [0.25, 0.3) is 11.0 Å². The molecule has 0 bridgehead atoms. The maximum Gasteiger partial charge on any atom is 0.191 e. The molecule has 0 amide bonds. The Hall–Kier alpha value is -2.34. The number of rotatable bonds is 6. The monoisotopic (exact) mass is 356 g/mol. The molecule has 0 unspecified atom stereocenters. The van der Waals surface area contributed by atoms with Crippen molar-refractivity contribution in [2.75, 3.05) is 13.1 Å². The van der Waals surface area contributed by atoms with Gasteiger partial charge in [-0.15, -0.1) is 11.3 Å². The third-order valence-electron chi connectivity index (χ3n) is 3.86. The Balaban J connectivity index is 1.57. The van der Waals surface area contributed by atoms with Crippen LogP contribution in [0.4, 0.5) is 0 Å². The van der Waals surface area contributed by atoms with E-state index in [-0.39, 0.29) is 0 Å². The number of benzene rings is 1. The minimum absolute atomic E-state index is 0.650. The number of hydrogen-bond donors (Lipinski definition) is 2. The number of furan rings is 1. The van der Waals surface area contributed by atoms with Gasteiger partial charge in [0.05, 0.1) is 17.2 Å². The molecule has 0 aliphatic heterocycles. The van der Waals surface area contributed by atoms with Gasteiger partial charge < -0.3 is 15.1 Å². The molecule has 0 spiro atoms. The zero-order valence-corrected chi connectivity index (χ0v) is 15.7. The summed E-state index contributed by atoms with van der Waals surface area (Å²) in [5, 5.41) is 8.89. The average molecular weight is 356 g/mol. The predicted octanol–water partition coefficient (Wildman–Crippen LogP) is 3.80. The number of fused-ring (bicyclic) bond motifs is 1. The maximum absolute atomic E-state index is 5.85. The molecule has 132 valence electrons. The smallest absolute Gasteiger partial charge is 0.191 e. The van der Waals surface area contributed by atoms with Gasteiger partial charge in [-0.3, -0.25) is 0 Å². The first kappa shape index (κ1) is 17.5. The Kier molecular flexibility index (Phi) is 5.71. The van der Waals surface area contributed by atoms with E-state index >= 15 is 0 Å². The average Bonchev–Trinajstić information content (AvgIpc) is 3.14. The lowest BCUT2D eigenvalue weighted by Gasteiger charge is -2.10. The van der Waals surface area contributed by atoms with Gasteiger partial charge in [-0.2, -0.15) is 0 Å². The van der Waals surface area contributed by atoms with Crippen molar-refractivity contribution in [1.29, 1.82) is 0 Å². The minimum atomic E-state index is 0.650. The Morgan fingerprint density at radius 2 is 2.08 bits per heavy atom. The molecule has 0 radical (unpaired) electrons. The van der Waals surface area contributed by atoms with E-state index in [0.29, 0.717) is 6.54 Å². The Labute approximate surface area is 152 Å². The summed E-state index contributed by atoms with van der Waals surface area (Å²) in [6, 6.07) is 10.2. The molecule has 3 rings (SSSR count). The van der Waals surface area contributed by atoms with Crippen molar-refractivity contribution >= 4 is 28.3 Å². The molecule has 0 fully saturated rings. The molecule has 0 aliphatic carbocycles. The van der Waals surface area contributed by atoms with Crippen LogP contribution in [0.15, 0.2) is 39.7 Å². The molecule has 0 atom stereocenters. The fraction of sp³-hybridized carbons (Fsp3) is 0.368. The minimum Gasteiger partial charge on any atom is -0.461 e. The third kappa shape index (κ3) is 4.60. The van der Waals surface area contributed by atoms with Gasteiger partial charge in [0.25, 0.3) is 0 Å². The summed E-state index contributed by atoms with van der Waals surface area (Å²) in [5.74, 6) is 1.81. The van der Waals surface area contributed by atoms with Gasteiger partial charge in [0, 0.05) is 29.8 Å². The van der Waals surface area contributed by atoms with E-state index in [2.05, 4.69) is 39.7 Å². The van der Waals surface area contributed by atoms with E-state index in [1.165, 1.54) is 4.88 Å². The van der Waals surface area contributed by atoms with Crippen molar-refractivity contribution in [1.82, 2.24) is 15.6 Å². The summed E-state index contributed by atoms with van der Waals surface area (Å²) in [6.07, 6.45) is 0.817. The van der Waals surface area contributed by atoms with Crippen molar-refractivity contribution < 1.29 is 4.42 Å². The van der Waals surface area contributed by atoms with Crippen LogP contribution < -0.4 is 10.6 Å². The largest absolute Gasteiger partial charge is 0.461 e. The molecular formula is C19H24N4OS. The van der Waals surface area contributed by atoms with Gasteiger partial charge in [-0.25, -0.2) is 9.98 Å². The second-order valence-corrected chi connectivity index (χ2v) is 7.15. The summed E-state index contributed by atoms with van der Waals surface area (Å²) in [4.78, 5) is 10.3. The number of aromatic nitrogens is 1. The highest BCUT2D eigenvalue weighted by molar-refractivity contribution is 7.11. The lowest BCUT2D eigenvalue weighted by molar-refractivity contribution is 0.544. The lowest BCUT2D eigenvalue weighted by Crippen LogP contribution is -2.38. The molecule has 3 aromatic rings. The van der Waals surface area contributed by atoms with E-state index in [4.69, 9.17) is 4.42 Å². The van der Waals surface area contributed by atoms with Crippen molar-refractivity contribution in [3.63, 3.8) is 0 Å². The van der Waals surface area contributed by atoms with Crippen molar-refractivity contribution in [2.24, 2.45) is 4.99 Å². The number of guanidine groups is 1. The van der Waals surface area contributed by atoms with Gasteiger partial charge in [0.1, 0.15) is 11.3 Å². The molecule has 2 aromatic heterocycles. The topological polar surface area (TPSA) is 62.5 Å². The molecule has 1 aromatic carbocycles. The fourth-order valence-electron chi connectivity index (χ4n) is 2.68. The van der Waals surface area contributed by atoms with Crippen molar-refractivity contribution in [3.05, 3.63) is 51.7 Å². The number of aryl methyl sites for hydroxylation is 2. The zero-order valence-electron chi connectivity index (χ0n) is 14.9. The third-order valence-corrected chi connectivity index (χ3v) is 4.92. The first-order chi connectivity index (χ1) is 12.2. The molecule has 0 aliphatic rings. The van der Waals surface area contributed by atoms with Crippen LogP contribution in [-0.2, 0) is 13.0 Å². The van der Waals surface area contributed by atoms with Gasteiger partial charge in [-0.05, 0) is 32.9 Å².